The number of aliphatic hydroxyl groups excluding tert-OH is 7. The normalized spacial score (nSPS) is 21.8. The standard InChI is InChI=1S/C25H40N7O18P3S.C6H12O6/c1-13(33)8-16(35)54-7-6-27-15(34)4-5-28-23(38)20(37)25(2,3)10-47-53(44,45)50-52(42,43)46-9-14-19(49-51(39,40)41)18(36)24(48-14)32-12-31-17-21(26)29-11-30-22(17)32;7-1-3(9)5(11)6(12)4(10)2-8/h11-12,14,18-20,24,36-37H,4-10H2,1-3H3,(H,27,34)(H,28,38)(H,42,43)(H,44,45)(H2,26,29,30)(H2,39,40,41);1,3-6,8-12H,2H2/t14-,18-,19-,20?,24-;/m1./s1. The molecule has 2 aromatic rings. The van der Waals surface area contributed by atoms with Crippen molar-refractivity contribution in [3.8, 4) is 0 Å². The highest BCUT2D eigenvalue weighted by atomic mass is 32.2. The van der Waals surface area contributed by atoms with E-state index in [1.54, 1.807) is 0 Å². The number of rotatable bonds is 26. The van der Waals surface area contributed by atoms with Crippen molar-refractivity contribution in [1.29, 1.82) is 0 Å². The van der Waals surface area contributed by atoms with E-state index in [4.69, 9.17) is 45.1 Å². The van der Waals surface area contributed by atoms with Crippen molar-refractivity contribution in [3.05, 3.63) is 12.7 Å². The number of ketones is 1. The predicted molar refractivity (Wildman–Crippen MR) is 220 cm³/mol. The van der Waals surface area contributed by atoms with Crippen LogP contribution in [0.5, 0.6) is 0 Å². The van der Waals surface area contributed by atoms with Crippen LogP contribution in [0.4, 0.5) is 5.82 Å². The molecule has 0 aromatic carbocycles. The van der Waals surface area contributed by atoms with Crippen molar-refractivity contribution in [3.63, 3.8) is 0 Å². The first-order valence-corrected chi connectivity index (χ1v) is 24.3. The summed E-state index contributed by atoms with van der Waals surface area (Å²) in [5.41, 5.74) is 4.22. The number of nitrogens with one attached hydrogen (secondary N) is 2. The van der Waals surface area contributed by atoms with Gasteiger partial charge in [0.05, 0.1) is 32.6 Å². The van der Waals surface area contributed by atoms with E-state index in [1.807, 2.05) is 0 Å². The van der Waals surface area contributed by atoms with Crippen molar-refractivity contribution in [2.75, 3.05) is 44.4 Å². The first-order valence-electron chi connectivity index (χ1n) is 18.8. The van der Waals surface area contributed by atoms with Gasteiger partial charge in [-0.3, -0.25) is 37.3 Å². The van der Waals surface area contributed by atoms with Gasteiger partial charge in [0, 0.05) is 30.7 Å². The summed E-state index contributed by atoms with van der Waals surface area (Å²) >= 11 is 0.878. The first-order chi connectivity index (χ1) is 30.5. The number of carbonyl (C=O) groups excluding carboxylic acids is 5. The highest BCUT2D eigenvalue weighted by molar-refractivity contribution is 8.13. The molecule has 0 radical (unpaired) electrons. The molecular formula is C31H52N7O24P3S. The van der Waals surface area contributed by atoms with Crippen LogP contribution in [0, 0.1) is 5.41 Å². The van der Waals surface area contributed by atoms with Gasteiger partial charge in [-0.15, -0.1) is 0 Å². The second-order valence-electron chi connectivity index (χ2n) is 14.5. The number of carbonyl (C=O) groups is 5. The molecule has 1 fully saturated rings. The number of aliphatic hydroxyl groups is 7. The zero-order valence-corrected chi connectivity index (χ0v) is 38.4. The molecule has 0 bridgehead atoms. The molecule has 15 N–H and O–H groups in total. The fraction of sp³-hybridized carbons (Fsp3) is 0.677. The number of phosphoric ester groups is 3. The number of fused-ring (bicyclic) bond motifs is 1. The van der Waals surface area contributed by atoms with Gasteiger partial charge in [0.2, 0.25) is 11.8 Å². The van der Waals surface area contributed by atoms with Gasteiger partial charge >= 0.3 is 23.5 Å². The number of nitrogens with two attached hydrogens (primary N) is 1. The van der Waals surface area contributed by atoms with Crippen LogP contribution in [0.3, 0.4) is 0 Å². The number of nitrogen functional groups attached to an aromatic ring is 1. The van der Waals surface area contributed by atoms with Crippen LogP contribution < -0.4 is 16.4 Å². The van der Waals surface area contributed by atoms with Gasteiger partial charge in [0.25, 0.3) is 0 Å². The van der Waals surface area contributed by atoms with Crippen molar-refractivity contribution < 1.29 is 116 Å². The van der Waals surface area contributed by atoms with E-state index in [1.165, 1.54) is 20.8 Å². The van der Waals surface area contributed by atoms with Gasteiger partial charge < -0.3 is 81.2 Å². The fourth-order valence-corrected chi connectivity index (χ4v) is 8.73. The molecule has 35 heteroatoms. The smallest absolute Gasteiger partial charge is 0.394 e. The van der Waals surface area contributed by atoms with Gasteiger partial charge in [-0.25, -0.2) is 28.6 Å². The fourth-order valence-electron chi connectivity index (χ4n) is 5.17. The molecule has 3 rings (SSSR count). The molecule has 1 saturated heterocycles. The van der Waals surface area contributed by atoms with Gasteiger partial charge in [-0.05, 0) is 6.92 Å². The number of imidazole rings is 1. The van der Waals surface area contributed by atoms with Gasteiger partial charge in [0.15, 0.2) is 29.1 Å². The summed E-state index contributed by atoms with van der Waals surface area (Å²) in [5.74, 6) is -1.61. The van der Waals surface area contributed by atoms with Crippen LogP contribution in [0.1, 0.15) is 39.8 Å². The number of ether oxygens (including phenoxy) is 1. The van der Waals surface area contributed by atoms with Gasteiger partial charge in [-0.2, -0.15) is 4.31 Å². The molecule has 1 aliphatic heterocycles. The minimum Gasteiger partial charge on any atom is -0.394 e. The molecule has 66 heavy (non-hydrogen) atoms. The predicted octanol–water partition coefficient (Wildman–Crippen LogP) is -4.73. The number of thioether (sulfide) groups is 1. The van der Waals surface area contributed by atoms with Crippen molar-refractivity contribution in [1.82, 2.24) is 30.2 Å². The van der Waals surface area contributed by atoms with E-state index < -0.39 is 116 Å². The van der Waals surface area contributed by atoms with E-state index in [-0.39, 0.29) is 65.9 Å². The summed E-state index contributed by atoms with van der Waals surface area (Å²) in [6, 6.07) is 0. The second kappa shape index (κ2) is 25.9. The highest BCUT2D eigenvalue weighted by Gasteiger charge is 2.50. The van der Waals surface area contributed by atoms with Crippen LogP contribution in [-0.4, -0.2) is 191 Å². The summed E-state index contributed by atoms with van der Waals surface area (Å²) < 4.78 is 61.9. The topological polar surface area (TPSA) is 499 Å². The van der Waals surface area contributed by atoms with Crippen molar-refractivity contribution in [2.45, 2.75) is 88.7 Å². The Morgan fingerprint density at radius 3 is 2.21 bits per heavy atom. The SMILES string of the molecule is CC(=O)CC(=O)SCCNC(=O)CCNC(=O)C(O)C(C)(C)COP(=O)(O)OP(=O)(O)OC[C@H]1O[C@@H](n2cnc3c(N)ncnc32)[C@H](O)[C@@H]1OP(=O)(O)O.O=CC(O)C(O)C(O)C(O)CO. The lowest BCUT2D eigenvalue weighted by Gasteiger charge is -2.30. The zero-order chi connectivity index (χ0) is 50.4. The highest BCUT2D eigenvalue weighted by Crippen LogP contribution is 2.61. The molecular weight excluding hydrogens is 979 g/mol. The van der Waals surface area contributed by atoms with Gasteiger partial charge in [0.1, 0.15) is 66.5 Å². The Balaban J connectivity index is 0.00000109. The number of hydrogen-bond donors (Lipinski definition) is 14. The van der Waals surface area contributed by atoms with E-state index in [2.05, 4.69) is 34.4 Å². The maximum Gasteiger partial charge on any atom is 0.481 e. The summed E-state index contributed by atoms with van der Waals surface area (Å²) in [7, 11) is -16.4. The quantitative estimate of drug-likeness (QED) is 0.0182. The molecule has 2 aromatic heterocycles. The van der Waals surface area contributed by atoms with Crippen LogP contribution in [-0.2, 0) is 60.3 Å². The Labute approximate surface area is 377 Å². The summed E-state index contributed by atoms with van der Waals surface area (Å²) in [5, 5.41) is 69.4. The van der Waals surface area contributed by atoms with Crippen LogP contribution >= 0.6 is 35.2 Å². The largest absolute Gasteiger partial charge is 0.481 e. The Morgan fingerprint density at radius 1 is 0.985 bits per heavy atom. The maximum atomic E-state index is 12.6. The van der Waals surface area contributed by atoms with Crippen LogP contribution in [0.2, 0.25) is 0 Å². The zero-order valence-electron chi connectivity index (χ0n) is 34.9. The maximum absolute atomic E-state index is 12.6. The molecule has 7 unspecified atom stereocenters. The number of phosphoric acid groups is 3. The summed E-state index contributed by atoms with van der Waals surface area (Å²) in [4.78, 5) is 108. The Bertz CT molecular complexity index is 2110. The molecule has 0 saturated carbocycles. The third kappa shape index (κ3) is 19.0. The third-order valence-electron chi connectivity index (χ3n) is 8.58. The molecule has 1 aliphatic rings. The number of amides is 2. The average molecular weight is 1030 g/mol. The van der Waals surface area contributed by atoms with Crippen molar-refractivity contribution in [2.24, 2.45) is 5.41 Å². The first kappa shape index (κ1) is 58.8. The minimum atomic E-state index is -5.58. The Hall–Kier alpha value is -3.30. The summed E-state index contributed by atoms with van der Waals surface area (Å²) in [6.07, 6.45) is -14.1. The van der Waals surface area contributed by atoms with Crippen LogP contribution in [0.15, 0.2) is 12.7 Å². The van der Waals surface area contributed by atoms with E-state index in [0.717, 1.165) is 29.0 Å². The third-order valence-corrected chi connectivity index (χ3v) is 12.6. The molecule has 31 nitrogen and oxygen atoms in total. The Morgan fingerprint density at radius 2 is 1.62 bits per heavy atom. The van der Waals surface area contributed by atoms with Gasteiger partial charge in [-0.1, -0.05) is 25.6 Å². The number of nitrogens with zero attached hydrogens (tertiary/aromatic N) is 4. The van der Waals surface area contributed by atoms with E-state index >= 15 is 0 Å². The molecule has 11 atom stereocenters. The monoisotopic (exact) mass is 1030 g/mol. The van der Waals surface area contributed by atoms with E-state index in [0.29, 0.717) is 0 Å². The van der Waals surface area contributed by atoms with Crippen molar-refractivity contribution >= 4 is 81.2 Å². The molecule has 2 amide bonds. The lowest BCUT2D eigenvalue weighted by Crippen LogP contribution is -2.46. The average Bonchev–Trinajstić information content (AvgIpc) is 3.79. The second-order valence-corrected chi connectivity index (χ2v) is 19.9. The summed E-state index contributed by atoms with van der Waals surface area (Å²) in [6.45, 7) is 0.818. The Kier molecular flexibility index (Phi) is 23.1. The number of aldehydes is 1. The molecule has 376 valence electrons. The minimum absolute atomic E-state index is 0.0240. The number of anilines is 1. The number of hydrogen-bond acceptors (Lipinski definition) is 25. The lowest BCUT2D eigenvalue weighted by molar-refractivity contribution is -0.137. The van der Waals surface area contributed by atoms with E-state index in [9.17, 15) is 67.5 Å². The van der Waals surface area contributed by atoms with Crippen LogP contribution in [0.25, 0.3) is 11.2 Å². The number of aromatic nitrogens is 4. The lowest BCUT2D eigenvalue weighted by atomic mass is 9.87. The molecule has 3 heterocycles. The molecule has 0 spiro atoms. The molecule has 0 aliphatic carbocycles. The number of Topliss-reactive ketones (excluding diaryl/α,β-unsaturated/α-hetero) is 1.